The lowest BCUT2D eigenvalue weighted by Crippen LogP contribution is -2.25. The summed E-state index contributed by atoms with van der Waals surface area (Å²) < 4.78 is 0. The fourth-order valence-corrected chi connectivity index (χ4v) is 2.22. The monoisotopic (exact) mass is 257 g/mol. The number of aromatic amines is 1. The fraction of sp³-hybridized carbons (Fsp3) is 0.438. The smallest absolute Gasteiger partial charge is 0.0490 e. The molecule has 0 radical (unpaired) electrons. The summed E-state index contributed by atoms with van der Waals surface area (Å²) in [4.78, 5) is 0. The lowest BCUT2D eigenvalue weighted by Gasteiger charge is -2.27. The normalized spacial score (nSPS) is 13.4. The number of hydrogen-bond donors (Lipinski definition) is 2. The molecule has 0 aliphatic carbocycles. The molecule has 2 N–H and O–H groups in total. The Balaban J connectivity index is 2.06. The summed E-state index contributed by atoms with van der Waals surface area (Å²) >= 11 is 0. The van der Waals surface area contributed by atoms with Gasteiger partial charge in [-0.3, -0.25) is 5.10 Å². The van der Waals surface area contributed by atoms with Crippen molar-refractivity contribution in [1.82, 2.24) is 15.5 Å². The maximum Gasteiger partial charge on any atom is 0.0490 e. The molecule has 1 heterocycles. The quantitative estimate of drug-likeness (QED) is 0.858. The van der Waals surface area contributed by atoms with Gasteiger partial charge in [0.25, 0.3) is 0 Å². The molecule has 102 valence electrons. The van der Waals surface area contributed by atoms with Gasteiger partial charge in [-0.1, -0.05) is 51.1 Å². The Morgan fingerprint density at radius 2 is 1.89 bits per heavy atom. The maximum absolute atomic E-state index is 3.98. The largest absolute Gasteiger partial charge is 0.304 e. The predicted molar refractivity (Wildman–Crippen MR) is 78.7 cm³/mol. The highest BCUT2D eigenvalue weighted by Gasteiger charge is 2.19. The topological polar surface area (TPSA) is 40.7 Å². The van der Waals surface area contributed by atoms with Gasteiger partial charge in [-0.15, -0.1) is 0 Å². The lowest BCUT2D eigenvalue weighted by atomic mass is 9.85. The minimum atomic E-state index is 0.293. The lowest BCUT2D eigenvalue weighted by molar-refractivity contribution is 0.309. The van der Waals surface area contributed by atoms with E-state index in [1.54, 1.807) is 6.20 Å². The summed E-state index contributed by atoms with van der Waals surface area (Å²) in [6.07, 6.45) is 2.89. The van der Waals surface area contributed by atoms with Crippen molar-refractivity contribution >= 4 is 0 Å². The van der Waals surface area contributed by atoms with E-state index in [0.717, 1.165) is 18.7 Å². The molecule has 0 spiro atoms. The molecule has 0 bridgehead atoms. The Morgan fingerprint density at radius 1 is 1.16 bits per heavy atom. The van der Waals surface area contributed by atoms with Crippen molar-refractivity contribution in [2.24, 2.45) is 5.41 Å². The predicted octanol–water partition coefficient (Wildman–Crippen LogP) is 3.68. The van der Waals surface area contributed by atoms with Gasteiger partial charge < -0.3 is 5.32 Å². The molecule has 0 saturated carbocycles. The van der Waals surface area contributed by atoms with E-state index in [0.29, 0.717) is 11.5 Å². The summed E-state index contributed by atoms with van der Waals surface area (Å²) in [6, 6.07) is 13.0. The van der Waals surface area contributed by atoms with E-state index in [2.05, 4.69) is 66.6 Å². The number of rotatable bonds is 5. The van der Waals surface area contributed by atoms with Gasteiger partial charge in [0.05, 0.1) is 0 Å². The molecule has 0 amide bonds. The molecule has 1 aromatic carbocycles. The molecule has 2 aromatic rings. The van der Waals surface area contributed by atoms with Gasteiger partial charge in [-0.05, 0) is 23.5 Å². The van der Waals surface area contributed by atoms with E-state index in [1.165, 1.54) is 5.56 Å². The van der Waals surface area contributed by atoms with Gasteiger partial charge in [0.2, 0.25) is 0 Å². The van der Waals surface area contributed by atoms with E-state index in [-0.39, 0.29) is 0 Å². The summed E-state index contributed by atoms with van der Waals surface area (Å²) in [5.74, 6) is 0. The van der Waals surface area contributed by atoms with Crippen LogP contribution in [-0.2, 0) is 6.54 Å². The number of H-pyrrole nitrogens is 1. The van der Waals surface area contributed by atoms with Crippen LogP contribution in [0.3, 0.4) is 0 Å². The second kappa shape index (κ2) is 6.02. The zero-order valence-corrected chi connectivity index (χ0v) is 12.0. The number of hydrogen-bond acceptors (Lipinski definition) is 2. The third-order valence-corrected chi connectivity index (χ3v) is 3.12. The third-order valence-electron chi connectivity index (χ3n) is 3.12. The van der Waals surface area contributed by atoms with Gasteiger partial charge in [-0.25, -0.2) is 0 Å². The molecule has 2 rings (SSSR count). The van der Waals surface area contributed by atoms with Gasteiger partial charge in [0.1, 0.15) is 0 Å². The minimum Gasteiger partial charge on any atom is -0.304 e. The van der Waals surface area contributed by atoms with Gasteiger partial charge >= 0.3 is 0 Å². The van der Waals surface area contributed by atoms with Gasteiger partial charge in [0, 0.05) is 24.5 Å². The third kappa shape index (κ3) is 4.52. The Kier molecular flexibility index (Phi) is 4.38. The van der Waals surface area contributed by atoms with Crippen LogP contribution in [0.5, 0.6) is 0 Å². The fourth-order valence-electron chi connectivity index (χ4n) is 2.22. The molecule has 3 nitrogen and oxygen atoms in total. The van der Waals surface area contributed by atoms with Crippen LogP contribution < -0.4 is 5.32 Å². The highest BCUT2D eigenvalue weighted by atomic mass is 15.1. The second-order valence-corrected chi connectivity index (χ2v) is 6.19. The first kappa shape index (κ1) is 13.8. The summed E-state index contributed by atoms with van der Waals surface area (Å²) in [5.41, 5.74) is 2.76. The first-order chi connectivity index (χ1) is 9.04. The van der Waals surface area contributed by atoms with Crippen LogP contribution >= 0.6 is 0 Å². The molecule has 0 fully saturated rings. The molecule has 0 saturated heterocycles. The van der Waals surface area contributed by atoms with Crippen molar-refractivity contribution in [1.29, 1.82) is 0 Å². The Morgan fingerprint density at radius 3 is 2.47 bits per heavy atom. The average molecular weight is 257 g/mol. The van der Waals surface area contributed by atoms with Crippen LogP contribution in [0.25, 0.3) is 0 Å². The van der Waals surface area contributed by atoms with E-state index < -0.39 is 0 Å². The zero-order chi connectivity index (χ0) is 13.7. The SMILES string of the molecule is CC(C)(C)CC(NCc1ccn[nH]1)c1ccccc1. The molecular formula is C16H23N3. The van der Waals surface area contributed by atoms with Crippen LogP contribution in [0.4, 0.5) is 0 Å². The number of nitrogens with one attached hydrogen (secondary N) is 2. The van der Waals surface area contributed by atoms with E-state index in [1.807, 2.05) is 6.07 Å². The second-order valence-electron chi connectivity index (χ2n) is 6.19. The standard InChI is InChI=1S/C16H23N3/c1-16(2,3)11-15(13-7-5-4-6-8-13)17-12-14-9-10-18-19-14/h4-10,15,17H,11-12H2,1-3H3,(H,18,19). The van der Waals surface area contributed by atoms with Crippen molar-refractivity contribution in [3.63, 3.8) is 0 Å². The maximum atomic E-state index is 3.98. The number of nitrogens with zero attached hydrogens (tertiary/aromatic N) is 1. The molecule has 1 unspecified atom stereocenters. The molecule has 0 aliphatic rings. The van der Waals surface area contributed by atoms with E-state index in [9.17, 15) is 0 Å². The molecule has 1 atom stereocenters. The van der Waals surface area contributed by atoms with Crippen LogP contribution in [0.15, 0.2) is 42.6 Å². The van der Waals surface area contributed by atoms with Gasteiger partial charge in [0.15, 0.2) is 0 Å². The summed E-state index contributed by atoms with van der Waals surface area (Å²) in [5, 5.41) is 10.6. The Labute approximate surface area is 115 Å². The van der Waals surface area contributed by atoms with Crippen molar-refractivity contribution in [3.8, 4) is 0 Å². The zero-order valence-electron chi connectivity index (χ0n) is 12.0. The van der Waals surface area contributed by atoms with E-state index >= 15 is 0 Å². The van der Waals surface area contributed by atoms with Crippen LogP contribution in [0.1, 0.15) is 44.5 Å². The molecule has 1 aromatic heterocycles. The van der Waals surface area contributed by atoms with Crippen LogP contribution in [-0.4, -0.2) is 10.2 Å². The average Bonchev–Trinajstić information content (AvgIpc) is 2.87. The Hall–Kier alpha value is -1.61. The summed E-state index contributed by atoms with van der Waals surface area (Å²) in [6.45, 7) is 7.65. The molecule has 3 heteroatoms. The first-order valence-electron chi connectivity index (χ1n) is 6.81. The number of benzene rings is 1. The van der Waals surface area contributed by atoms with Crippen molar-refractivity contribution < 1.29 is 0 Å². The van der Waals surface area contributed by atoms with Crippen LogP contribution in [0, 0.1) is 5.41 Å². The van der Waals surface area contributed by atoms with E-state index in [4.69, 9.17) is 0 Å². The van der Waals surface area contributed by atoms with Gasteiger partial charge in [-0.2, -0.15) is 5.10 Å². The summed E-state index contributed by atoms with van der Waals surface area (Å²) in [7, 11) is 0. The molecule has 0 aliphatic heterocycles. The molecular weight excluding hydrogens is 234 g/mol. The van der Waals surface area contributed by atoms with Crippen molar-refractivity contribution in [3.05, 3.63) is 53.9 Å². The van der Waals surface area contributed by atoms with Crippen molar-refractivity contribution in [2.75, 3.05) is 0 Å². The van der Waals surface area contributed by atoms with Crippen LogP contribution in [0.2, 0.25) is 0 Å². The number of aromatic nitrogens is 2. The highest BCUT2D eigenvalue weighted by Crippen LogP contribution is 2.29. The first-order valence-corrected chi connectivity index (χ1v) is 6.81. The Bertz CT molecular complexity index is 468. The minimum absolute atomic E-state index is 0.293. The van der Waals surface area contributed by atoms with Crippen molar-refractivity contribution in [2.45, 2.75) is 39.8 Å². The highest BCUT2D eigenvalue weighted by molar-refractivity contribution is 5.19. The molecule has 19 heavy (non-hydrogen) atoms.